The van der Waals surface area contributed by atoms with Gasteiger partial charge in [0, 0.05) is 13.0 Å². The van der Waals surface area contributed by atoms with Crippen molar-refractivity contribution in [2.45, 2.75) is 39.7 Å². The van der Waals surface area contributed by atoms with Crippen LogP contribution in [0.1, 0.15) is 34.1 Å². The van der Waals surface area contributed by atoms with Gasteiger partial charge in [0.1, 0.15) is 5.60 Å². The summed E-state index contributed by atoms with van der Waals surface area (Å²) in [6.45, 7) is 7.96. The Kier molecular flexibility index (Phi) is 3.58. The normalized spacial score (nSPS) is 11.6. The molecule has 0 atom stereocenters. The molecule has 0 aromatic heterocycles. The van der Waals surface area contributed by atoms with Crippen molar-refractivity contribution in [2.24, 2.45) is 0 Å². The number of rotatable bonds is 4. The third-order valence-electron chi connectivity index (χ3n) is 1.50. The molecule has 0 radical (unpaired) electrons. The Labute approximate surface area is 62.6 Å². The molecule has 0 aromatic carbocycles. The van der Waals surface area contributed by atoms with Gasteiger partial charge in [-0.05, 0) is 20.8 Å². The van der Waals surface area contributed by atoms with E-state index in [4.69, 9.17) is 4.74 Å². The lowest BCUT2D eigenvalue weighted by atomic mass is 10.0. The van der Waals surface area contributed by atoms with Gasteiger partial charge < -0.3 is 4.74 Å². The zero-order valence-electron chi connectivity index (χ0n) is 7.23. The van der Waals surface area contributed by atoms with Crippen molar-refractivity contribution in [2.75, 3.05) is 6.61 Å². The predicted molar refractivity (Wildman–Crippen MR) is 41.0 cm³/mol. The van der Waals surface area contributed by atoms with Crippen LogP contribution in [0.5, 0.6) is 0 Å². The maximum atomic E-state index is 11.1. The van der Waals surface area contributed by atoms with Crippen molar-refractivity contribution in [3.8, 4) is 0 Å². The Hall–Kier alpha value is -0.370. The summed E-state index contributed by atoms with van der Waals surface area (Å²) in [6, 6.07) is 0. The predicted octanol–water partition coefficient (Wildman–Crippen LogP) is 1.78. The molecule has 0 N–H and O–H groups in total. The summed E-state index contributed by atoms with van der Waals surface area (Å²) in [5.74, 6) is 0.161. The van der Waals surface area contributed by atoms with Crippen molar-refractivity contribution in [3.05, 3.63) is 0 Å². The summed E-state index contributed by atoms with van der Waals surface area (Å²) >= 11 is 0. The van der Waals surface area contributed by atoms with E-state index in [1.807, 2.05) is 27.7 Å². The van der Waals surface area contributed by atoms with E-state index in [2.05, 4.69) is 0 Å². The van der Waals surface area contributed by atoms with E-state index in [0.717, 1.165) is 0 Å². The van der Waals surface area contributed by atoms with Crippen LogP contribution in [0.15, 0.2) is 0 Å². The largest absolute Gasteiger partial charge is 0.368 e. The summed E-state index contributed by atoms with van der Waals surface area (Å²) < 4.78 is 5.23. The highest BCUT2D eigenvalue weighted by Crippen LogP contribution is 2.11. The minimum absolute atomic E-state index is 0.161. The Bertz CT molecular complexity index is 116. The number of ether oxygens (including phenoxy) is 1. The van der Waals surface area contributed by atoms with Crippen molar-refractivity contribution in [1.82, 2.24) is 0 Å². The summed E-state index contributed by atoms with van der Waals surface area (Å²) in [7, 11) is 0. The molecule has 0 aliphatic rings. The fraction of sp³-hybridized carbons (Fsp3) is 0.875. The van der Waals surface area contributed by atoms with Gasteiger partial charge in [-0.2, -0.15) is 0 Å². The molecule has 0 saturated carbocycles. The molecule has 0 bridgehead atoms. The highest BCUT2D eigenvalue weighted by atomic mass is 16.5. The molecule has 2 nitrogen and oxygen atoms in total. The number of hydrogen-bond acceptors (Lipinski definition) is 2. The van der Waals surface area contributed by atoms with E-state index in [0.29, 0.717) is 13.0 Å². The first-order valence-electron chi connectivity index (χ1n) is 3.71. The Morgan fingerprint density at radius 3 is 2.20 bits per heavy atom. The molecular formula is C8H16O2. The number of carbonyl (C=O) groups excluding carboxylic acids is 1. The molecule has 0 amide bonds. The van der Waals surface area contributed by atoms with E-state index in [1.54, 1.807) is 0 Å². The Morgan fingerprint density at radius 2 is 1.90 bits per heavy atom. The van der Waals surface area contributed by atoms with Crippen molar-refractivity contribution in [1.29, 1.82) is 0 Å². The molecule has 0 saturated heterocycles. The van der Waals surface area contributed by atoms with Gasteiger partial charge in [0.25, 0.3) is 0 Å². The molecule has 0 unspecified atom stereocenters. The van der Waals surface area contributed by atoms with Crippen LogP contribution in [-0.2, 0) is 9.53 Å². The highest BCUT2D eigenvalue weighted by molar-refractivity contribution is 5.86. The van der Waals surface area contributed by atoms with Gasteiger partial charge in [-0.3, -0.25) is 4.79 Å². The van der Waals surface area contributed by atoms with Gasteiger partial charge in [0.05, 0.1) is 0 Å². The van der Waals surface area contributed by atoms with Gasteiger partial charge in [-0.15, -0.1) is 0 Å². The van der Waals surface area contributed by atoms with E-state index in [1.165, 1.54) is 0 Å². The highest BCUT2D eigenvalue weighted by Gasteiger charge is 2.25. The van der Waals surface area contributed by atoms with Crippen molar-refractivity contribution in [3.63, 3.8) is 0 Å². The third kappa shape index (κ3) is 2.48. The molecule has 0 fully saturated rings. The molecule has 0 rings (SSSR count). The molecule has 0 aliphatic carbocycles. The standard InChI is InChI=1S/C8H16O2/c1-5-7(9)8(3,4)10-6-2/h5-6H2,1-4H3. The van der Waals surface area contributed by atoms with Crippen LogP contribution in [0, 0.1) is 0 Å². The summed E-state index contributed by atoms with van der Waals surface area (Å²) in [4.78, 5) is 11.1. The minimum Gasteiger partial charge on any atom is -0.368 e. The van der Waals surface area contributed by atoms with Gasteiger partial charge >= 0.3 is 0 Å². The first-order valence-corrected chi connectivity index (χ1v) is 3.71. The maximum Gasteiger partial charge on any atom is 0.163 e. The van der Waals surface area contributed by atoms with Crippen molar-refractivity contribution >= 4 is 5.78 Å². The Morgan fingerprint density at radius 1 is 1.40 bits per heavy atom. The second-order valence-corrected chi connectivity index (χ2v) is 2.72. The van der Waals surface area contributed by atoms with Crippen LogP contribution in [0.2, 0.25) is 0 Å². The maximum absolute atomic E-state index is 11.1. The van der Waals surface area contributed by atoms with Gasteiger partial charge in [-0.25, -0.2) is 0 Å². The summed E-state index contributed by atoms with van der Waals surface area (Å²) in [6.07, 6.45) is 0.549. The second-order valence-electron chi connectivity index (χ2n) is 2.72. The van der Waals surface area contributed by atoms with Crippen LogP contribution in [-0.4, -0.2) is 18.0 Å². The number of ketones is 1. The smallest absolute Gasteiger partial charge is 0.163 e. The summed E-state index contributed by atoms with van der Waals surface area (Å²) in [5, 5.41) is 0. The third-order valence-corrected chi connectivity index (χ3v) is 1.50. The van der Waals surface area contributed by atoms with E-state index < -0.39 is 5.60 Å². The molecule has 2 heteroatoms. The molecule has 0 heterocycles. The lowest BCUT2D eigenvalue weighted by Crippen LogP contribution is -2.34. The second kappa shape index (κ2) is 3.71. The summed E-state index contributed by atoms with van der Waals surface area (Å²) in [5.41, 5.74) is -0.580. The molecule has 0 spiro atoms. The van der Waals surface area contributed by atoms with E-state index in [-0.39, 0.29) is 5.78 Å². The topological polar surface area (TPSA) is 26.3 Å². The van der Waals surface area contributed by atoms with Crippen LogP contribution in [0.3, 0.4) is 0 Å². The fourth-order valence-corrected chi connectivity index (χ4v) is 0.867. The van der Waals surface area contributed by atoms with Crippen LogP contribution in [0.4, 0.5) is 0 Å². The lowest BCUT2D eigenvalue weighted by molar-refractivity contribution is -0.139. The SMILES string of the molecule is CCOC(C)(C)C(=O)CC. The van der Waals surface area contributed by atoms with Gasteiger partial charge in [-0.1, -0.05) is 6.92 Å². The van der Waals surface area contributed by atoms with E-state index in [9.17, 15) is 4.79 Å². The average Bonchev–Trinajstić information content (AvgIpc) is 1.86. The van der Waals surface area contributed by atoms with Crippen LogP contribution >= 0.6 is 0 Å². The van der Waals surface area contributed by atoms with Crippen LogP contribution in [0.25, 0.3) is 0 Å². The Balaban J connectivity index is 3.96. The zero-order chi connectivity index (χ0) is 8.20. The van der Waals surface area contributed by atoms with Gasteiger partial charge in [0.2, 0.25) is 0 Å². The van der Waals surface area contributed by atoms with Crippen molar-refractivity contribution < 1.29 is 9.53 Å². The molecule has 0 aliphatic heterocycles. The number of Topliss-reactive ketones (excluding diaryl/α,β-unsaturated/α-hetero) is 1. The average molecular weight is 144 g/mol. The molecule has 10 heavy (non-hydrogen) atoms. The monoisotopic (exact) mass is 144 g/mol. The van der Waals surface area contributed by atoms with Crippen LogP contribution < -0.4 is 0 Å². The number of hydrogen-bond donors (Lipinski definition) is 0. The fourth-order valence-electron chi connectivity index (χ4n) is 0.867. The van der Waals surface area contributed by atoms with E-state index >= 15 is 0 Å². The first kappa shape index (κ1) is 9.63. The lowest BCUT2D eigenvalue weighted by Gasteiger charge is -2.21. The van der Waals surface area contributed by atoms with Gasteiger partial charge in [0.15, 0.2) is 5.78 Å². The quantitative estimate of drug-likeness (QED) is 0.601. The first-order chi connectivity index (χ1) is 4.54. The minimum atomic E-state index is -0.580. The molecule has 60 valence electrons. The zero-order valence-corrected chi connectivity index (χ0v) is 7.23. The molecular weight excluding hydrogens is 128 g/mol. The molecule has 0 aromatic rings. The number of carbonyl (C=O) groups is 1.